The van der Waals surface area contributed by atoms with Crippen LogP contribution in [0.3, 0.4) is 0 Å². The Bertz CT molecular complexity index is 442. The van der Waals surface area contributed by atoms with Gasteiger partial charge in [0.1, 0.15) is 11.9 Å². The molecule has 0 aliphatic rings. The Hall–Kier alpha value is -1.92. The van der Waals surface area contributed by atoms with Crippen LogP contribution >= 0.6 is 0 Å². The van der Waals surface area contributed by atoms with E-state index in [-0.39, 0.29) is 11.3 Å². The van der Waals surface area contributed by atoms with Gasteiger partial charge in [-0.15, -0.1) is 0 Å². The van der Waals surface area contributed by atoms with Crippen molar-refractivity contribution in [2.75, 3.05) is 7.11 Å². The fourth-order valence-corrected chi connectivity index (χ4v) is 1.52. The van der Waals surface area contributed by atoms with E-state index in [0.717, 1.165) is 0 Å². The van der Waals surface area contributed by atoms with E-state index in [1.807, 2.05) is 0 Å². The Morgan fingerprint density at radius 1 is 1.44 bits per heavy atom. The Labute approximate surface area is 103 Å². The summed E-state index contributed by atoms with van der Waals surface area (Å²) in [6, 6.07) is 4.25. The van der Waals surface area contributed by atoms with E-state index in [1.54, 1.807) is 0 Å². The largest absolute Gasteiger partial charge is 0.496 e. The third kappa shape index (κ3) is 3.28. The molecule has 0 aromatic heterocycles. The van der Waals surface area contributed by atoms with Crippen molar-refractivity contribution in [2.45, 2.75) is 18.6 Å². The predicted molar refractivity (Wildman–Crippen MR) is 61.6 cm³/mol. The molecule has 0 aliphatic heterocycles. The number of aldehydes is 1. The molecule has 0 radical (unpaired) electrons. The van der Waals surface area contributed by atoms with E-state index < -0.39 is 24.6 Å². The molecule has 0 saturated heterocycles. The lowest BCUT2D eigenvalue weighted by atomic mass is 10.0. The topological polar surface area (TPSA) is 104 Å². The molecular weight excluding hydrogens is 240 g/mol. The maximum atomic E-state index is 10.7. The van der Waals surface area contributed by atoms with Crippen molar-refractivity contribution in [1.29, 1.82) is 0 Å². The van der Waals surface area contributed by atoms with Gasteiger partial charge >= 0.3 is 5.97 Å². The molecule has 3 N–H and O–H groups in total. The maximum Gasteiger partial charge on any atom is 0.306 e. The minimum absolute atomic E-state index is 0.254. The zero-order valence-electron chi connectivity index (χ0n) is 9.74. The molecule has 2 unspecified atom stereocenters. The van der Waals surface area contributed by atoms with Crippen LogP contribution in [0.4, 0.5) is 0 Å². The van der Waals surface area contributed by atoms with Crippen molar-refractivity contribution >= 4 is 12.3 Å². The maximum absolute atomic E-state index is 10.7. The van der Waals surface area contributed by atoms with Crippen LogP contribution in [-0.2, 0) is 4.79 Å². The average Bonchev–Trinajstić information content (AvgIpc) is 2.36. The van der Waals surface area contributed by atoms with E-state index in [1.165, 1.54) is 25.3 Å². The number of carbonyl (C=O) groups is 2. The quantitative estimate of drug-likeness (QED) is 0.634. The fourth-order valence-electron chi connectivity index (χ4n) is 1.52. The highest BCUT2D eigenvalue weighted by atomic mass is 16.5. The Kier molecular flexibility index (Phi) is 4.82. The van der Waals surface area contributed by atoms with E-state index in [9.17, 15) is 19.8 Å². The number of aliphatic hydroxyl groups is 2. The number of aliphatic carboxylic acids is 1. The van der Waals surface area contributed by atoms with Gasteiger partial charge in [-0.1, -0.05) is 6.07 Å². The first kappa shape index (κ1) is 14.1. The third-order valence-electron chi connectivity index (χ3n) is 2.47. The van der Waals surface area contributed by atoms with Crippen molar-refractivity contribution in [2.24, 2.45) is 0 Å². The number of rotatable bonds is 6. The van der Waals surface area contributed by atoms with Gasteiger partial charge in [-0.25, -0.2) is 0 Å². The molecule has 1 rings (SSSR count). The van der Waals surface area contributed by atoms with Crippen LogP contribution in [0.1, 0.15) is 28.4 Å². The summed E-state index contributed by atoms with van der Waals surface area (Å²) in [6.07, 6.45) is -2.74. The van der Waals surface area contributed by atoms with Crippen molar-refractivity contribution < 1.29 is 29.6 Å². The highest BCUT2D eigenvalue weighted by Crippen LogP contribution is 2.25. The molecule has 2 atom stereocenters. The summed E-state index contributed by atoms with van der Waals surface area (Å²) >= 11 is 0. The summed E-state index contributed by atoms with van der Waals surface area (Å²) < 4.78 is 4.95. The number of carboxylic acids is 1. The van der Waals surface area contributed by atoms with Gasteiger partial charge in [-0.2, -0.15) is 0 Å². The molecule has 0 amide bonds. The lowest BCUT2D eigenvalue weighted by Crippen LogP contribution is -2.21. The molecule has 0 saturated carbocycles. The van der Waals surface area contributed by atoms with E-state index >= 15 is 0 Å². The summed E-state index contributed by atoms with van der Waals surface area (Å²) in [5, 5.41) is 27.8. The van der Waals surface area contributed by atoms with Gasteiger partial charge < -0.3 is 20.1 Å². The van der Waals surface area contributed by atoms with Crippen LogP contribution in [0.2, 0.25) is 0 Å². The monoisotopic (exact) mass is 254 g/mol. The molecular formula is C12H14O6. The van der Waals surface area contributed by atoms with Crippen LogP contribution in [0.25, 0.3) is 0 Å². The number of hydrogen-bond donors (Lipinski definition) is 3. The third-order valence-corrected chi connectivity index (χ3v) is 2.47. The van der Waals surface area contributed by atoms with Gasteiger partial charge in [-0.05, 0) is 17.7 Å². The average molecular weight is 254 g/mol. The summed E-state index contributed by atoms with van der Waals surface area (Å²) in [6.45, 7) is 0. The number of aliphatic hydroxyl groups excluding tert-OH is 2. The lowest BCUT2D eigenvalue weighted by Gasteiger charge is -2.17. The molecule has 1 aromatic carbocycles. The number of benzene rings is 1. The van der Waals surface area contributed by atoms with Gasteiger partial charge in [-0.3, -0.25) is 9.59 Å². The van der Waals surface area contributed by atoms with Crippen molar-refractivity contribution in [3.05, 3.63) is 29.3 Å². The molecule has 6 heteroatoms. The Balaban J connectivity index is 2.95. The lowest BCUT2D eigenvalue weighted by molar-refractivity contribution is -0.141. The van der Waals surface area contributed by atoms with Gasteiger partial charge in [0.25, 0.3) is 0 Å². The number of methoxy groups -OCH3 is 1. The van der Waals surface area contributed by atoms with Crippen LogP contribution in [0.15, 0.2) is 18.2 Å². The standard InChI is InChI=1S/C12H14O6/c1-18-10-4-7(2-3-8(10)6-13)12(17)9(14)5-11(15)16/h2-4,6,9,12,14,17H,5H2,1H3,(H,15,16). The molecule has 0 aliphatic carbocycles. The highest BCUT2D eigenvalue weighted by molar-refractivity contribution is 5.79. The highest BCUT2D eigenvalue weighted by Gasteiger charge is 2.22. The summed E-state index contributed by atoms with van der Waals surface area (Å²) in [5.74, 6) is -0.956. The first-order chi connectivity index (χ1) is 8.49. The summed E-state index contributed by atoms with van der Waals surface area (Å²) in [7, 11) is 1.37. The van der Waals surface area contributed by atoms with Crippen molar-refractivity contribution in [3.8, 4) is 5.75 Å². The first-order valence-electron chi connectivity index (χ1n) is 5.20. The molecule has 0 bridgehead atoms. The zero-order chi connectivity index (χ0) is 13.7. The number of carboxylic acid groups (broad SMARTS) is 1. The van der Waals surface area contributed by atoms with Gasteiger partial charge in [0.05, 0.1) is 25.2 Å². The van der Waals surface area contributed by atoms with Gasteiger partial charge in [0.15, 0.2) is 6.29 Å². The first-order valence-corrected chi connectivity index (χ1v) is 5.20. The minimum atomic E-state index is -1.42. The number of ether oxygens (including phenoxy) is 1. The van der Waals surface area contributed by atoms with E-state index in [2.05, 4.69) is 0 Å². The fraction of sp³-hybridized carbons (Fsp3) is 0.333. The van der Waals surface area contributed by atoms with Crippen LogP contribution in [0, 0.1) is 0 Å². The minimum Gasteiger partial charge on any atom is -0.496 e. The second-order valence-electron chi connectivity index (χ2n) is 3.73. The molecule has 6 nitrogen and oxygen atoms in total. The molecule has 0 spiro atoms. The SMILES string of the molecule is COc1cc(C(O)C(O)CC(=O)O)ccc1C=O. The molecule has 0 heterocycles. The van der Waals surface area contributed by atoms with Crippen LogP contribution in [0.5, 0.6) is 5.75 Å². The van der Waals surface area contributed by atoms with E-state index in [4.69, 9.17) is 9.84 Å². The summed E-state index contributed by atoms with van der Waals surface area (Å²) in [4.78, 5) is 21.1. The smallest absolute Gasteiger partial charge is 0.306 e. The van der Waals surface area contributed by atoms with Gasteiger partial charge in [0, 0.05) is 0 Å². The van der Waals surface area contributed by atoms with Crippen molar-refractivity contribution in [3.63, 3.8) is 0 Å². The number of carbonyl (C=O) groups excluding carboxylic acids is 1. The second kappa shape index (κ2) is 6.13. The van der Waals surface area contributed by atoms with Crippen molar-refractivity contribution in [1.82, 2.24) is 0 Å². The normalized spacial score (nSPS) is 13.7. The van der Waals surface area contributed by atoms with Gasteiger partial charge in [0.2, 0.25) is 0 Å². The Morgan fingerprint density at radius 3 is 2.61 bits per heavy atom. The second-order valence-corrected chi connectivity index (χ2v) is 3.73. The zero-order valence-corrected chi connectivity index (χ0v) is 9.74. The molecule has 1 aromatic rings. The summed E-state index contributed by atoms with van der Waals surface area (Å²) in [5.41, 5.74) is 0.590. The Morgan fingerprint density at radius 2 is 2.11 bits per heavy atom. The van der Waals surface area contributed by atoms with Crippen LogP contribution < -0.4 is 4.74 Å². The van der Waals surface area contributed by atoms with Crippen LogP contribution in [-0.4, -0.2) is 40.8 Å². The molecule has 18 heavy (non-hydrogen) atoms. The predicted octanol–water partition coefficient (Wildman–Crippen LogP) is 0.377. The molecule has 98 valence electrons. The molecule has 0 fully saturated rings. The van der Waals surface area contributed by atoms with E-state index in [0.29, 0.717) is 11.8 Å². The number of hydrogen-bond acceptors (Lipinski definition) is 5.